The highest BCUT2D eigenvalue weighted by Gasteiger charge is 2.26. The lowest BCUT2D eigenvalue weighted by Gasteiger charge is -2.20. The maximum Gasteiger partial charge on any atom is 0.322 e. The maximum absolute atomic E-state index is 12.9. The summed E-state index contributed by atoms with van der Waals surface area (Å²) in [4.78, 5) is 12.8. The molecule has 0 saturated carbocycles. The van der Waals surface area contributed by atoms with Gasteiger partial charge in [0.2, 0.25) is 21.7 Å². The fourth-order valence-corrected chi connectivity index (χ4v) is 5.10. The third-order valence-electron chi connectivity index (χ3n) is 5.87. The number of rotatable bonds is 10. The van der Waals surface area contributed by atoms with Gasteiger partial charge in [0.05, 0.1) is 32.3 Å². The molecule has 1 aliphatic heterocycles. The molecule has 4 rings (SSSR count). The third-order valence-corrected chi connectivity index (χ3v) is 7.70. The molecule has 2 heterocycles. The second-order valence-corrected chi connectivity index (χ2v) is 10.3. The molecule has 0 aliphatic carbocycles. The van der Waals surface area contributed by atoms with E-state index in [1.54, 1.807) is 12.1 Å². The molecule has 1 atom stereocenters. The summed E-state index contributed by atoms with van der Waals surface area (Å²) in [6.07, 6.45) is 1.65. The summed E-state index contributed by atoms with van der Waals surface area (Å²) in [6, 6.07) is 8.72. The summed E-state index contributed by atoms with van der Waals surface area (Å²) in [5.74, 6) is 0.779. The molecule has 0 radical (unpaired) electrons. The Kier molecular flexibility index (Phi) is 7.95. The van der Waals surface area contributed by atoms with Crippen LogP contribution < -0.4 is 19.5 Å². The highest BCUT2D eigenvalue weighted by molar-refractivity contribution is 7.89. The second kappa shape index (κ2) is 11.2. The average Bonchev–Trinajstić information content (AvgIpc) is 3.60. The number of carbonyl (C=O) groups is 1. The number of nitrogens with one attached hydrogen (secondary N) is 1. The maximum atomic E-state index is 12.9. The van der Waals surface area contributed by atoms with E-state index >= 15 is 0 Å². The van der Waals surface area contributed by atoms with Gasteiger partial charge in [0, 0.05) is 31.3 Å². The van der Waals surface area contributed by atoms with Gasteiger partial charge < -0.3 is 23.4 Å². The van der Waals surface area contributed by atoms with Crippen molar-refractivity contribution < 1.29 is 36.6 Å². The molecular weight excluding hydrogens is 504 g/mol. The Balaban J connectivity index is 1.45. The number of aromatic nitrogens is 2. The molecule has 1 fully saturated rings. The molecule has 0 spiro atoms. The van der Waals surface area contributed by atoms with Crippen molar-refractivity contribution in [1.82, 2.24) is 14.5 Å². The topological polar surface area (TPSA) is 142 Å². The van der Waals surface area contributed by atoms with Gasteiger partial charge in [-0.3, -0.25) is 10.1 Å². The summed E-state index contributed by atoms with van der Waals surface area (Å²) in [5.41, 5.74) is 0.706. The van der Waals surface area contributed by atoms with Gasteiger partial charge in [-0.1, -0.05) is 5.10 Å². The number of likely N-dealkylation sites (N-methyl/N-ethyl adjacent to an activating group) is 1. The molecule has 198 valence electrons. The van der Waals surface area contributed by atoms with Crippen LogP contribution >= 0.6 is 0 Å². The normalized spacial score (nSPS) is 15.5. The molecule has 0 bridgehead atoms. The van der Waals surface area contributed by atoms with E-state index in [1.807, 2.05) is 0 Å². The van der Waals surface area contributed by atoms with Gasteiger partial charge in [-0.05, 0) is 49.2 Å². The van der Waals surface area contributed by atoms with Gasteiger partial charge in [-0.25, -0.2) is 8.42 Å². The van der Waals surface area contributed by atoms with Gasteiger partial charge in [0.15, 0.2) is 11.5 Å². The summed E-state index contributed by atoms with van der Waals surface area (Å²) in [6.45, 7) is 0.919. The molecular formula is C24H28N4O8S. The lowest BCUT2D eigenvalue weighted by atomic mass is 10.2. The van der Waals surface area contributed by atoms with E-state index in [9.17, 15) is 13.2 Å². The number of anilines is 1. The summed E-state index contributed by atoms with van der Waals surface area (Å²) >= 11 is 0. The Bertz CT molecular complexity index is 1330. The van der Waals surface area contributed by atoms with E-state index in [0.29, 0.717) is 29.4 Å². The zero-order valence-corrected chi connectivity index (χ0v) is 21.7. The smallest absolute Gasteiger partial charge is 0.322 e. The Morgan fingerprint density at radius 2 is 1.76 bits per heavy atom. The average molecular weight is 533 g/mol. The molecule has 13 heteroatoms. The molecule has 1 unspecified atom stereocenters. The number of amides is 1. The molecule has 12 nitrogen and oxygen atoms in total. The van der Waals surface area contributed by atoms with Crippen molar-refractivity contribution in [2.45, 2.75) is 23.8 Å². The summed E-state index contributed by atoms with van der Waals surface area (Å²) in [7, 11) is 2.25. The van der Waals surface area contributed by atoms with Crippen LogP contribution in [0, 0.1) is 0 Å². The highest BCUT2D eigenvalue weighted by atomic mass is 32.2. The largest absolute Gasteiger partial charge is 0.493 e. The minimum atomic E-state index is -3.72. The van der Waals surface area contributed by atoms with Crippen LogP contribution in [0.25, 0.3) is 11.5 Å². The van der Waals surface area contributed by atoms with E-state index in [1.165, 1.54) is 56.9 Å². The Hall–Kier alpha value is -3.68. The lowest BCUT2D eigenvalue weighted by molar-refractivity contribution is 0.0979. The molecule has 1 aromatic heterocycles. The van der Waals surface area contributed by atoms with Crippen molar-refractivity contribution in [1.29, 1.82) is 0 Å². The second-order valence-electron chi connectivity index (χ2n) is 8.23. The van der Waals surface area contributed by atoms with Gasteiger partial charge in [-0.2, -0.15) is 4.31 Å². The molecule has 1 N–H and O–H groups in total. The number of ether oxygens (including phenoxy) is 4. The van der Waals surface area contributed by atoms with Crippen molar-refractivity contribution in [2.75, 3.05) is 46.8 Å². The Morgan fingerprint density at radius 1 is 1.08 bits per heavy atom. The molecule has 2 aromatic carbocycles. The number of sulfonamides is 1. The SMILES string of the molecule is COc1cc(-c2nnc(NC(=O)c3ccc(S(=O)(=O)N(C)CC4CCCO4)cc3)o2)cc(OC)c1OC. The lowest BCUT2D eigenvalue weighted by Crippen LogP contribution is -2.34. The zero-order chi connectivity index (χ0) is 26.6. The Morgan fingerprint density at radius 3 is 2.32 bits per heavy atom. The quantitative estimate of drug-likeness (QED) is 0.414. The number of benzene rings is 2. The van der Waals surface area contributed by atoms with E-state index in [0.717, 1.165) is 12.8 Å². The number of carbonyl (C=O) groups excluding carboxylic acids is 1. The molecule has 3 aromatic rings. The van der Waals surface area contributed by atoms with Crippen molar-refractivity contribution >= 4 is 21.9 Å². The van der Waals surface area contributed by atoms with Crippen LogP contribution in [0.4, 0.5) is 6.01 Å². The predicted octanol–water partition coefficient (Wildman–Crippen LogP) is 2.81. The van der Waals surface area contributed by atoms with Crippen LogP contribution in [0.2, 0.25) is 0 Å². The predicted molar refractivity (Wildman–Crippen MR) is 133 cm³/mol. The fourth-order valence-electron chi connectivity index (χ4n) is 3.90. The van der Waals surface area contributed by atoms with Crippen LogP contribution in [0.1, 0.15) is 23.2 Å². The van der Waals surface area contributed by atoms with Gasteiger partial charge >= 0.3 is 6.01 Å². The van der Waals surface area contributed by atoms with Crippen molar-refractivity contribution in [3.8, 4) is 28.7 Å². The molecule has 37 heavy (non-hydrogen) atoms. The zero-order valence-electron chi connectivity index (χ0n) is 20.9. The van der Waals surface area contributed by atoms with Gasteiger partial charge in [0.1, 0.15) is 0 Å². The van der Waals surface area contributed by atoms with Gasteiger partial charge in [-0.15, -0.1) is 5.10 Å². The van der Waals surface area contributed by atoms with Gasteiger partial charge in [0.25, 0.3) is 5.91 Å². The van der Waals surface area contributed by atoms with E-state index in [-0.39, 0.29) is 35.0 Å². The first-order valence-corrected chi connectivity index (χ1v) is 12.8. The number of methoxy groups -OCH3 is 3. The van der Waals surface area contributed by atoms with E-state index < -0.39 is 15.9 Å². The third kappa shape index (κ3) is 5.68. The van der Waals surface area contributed by atoms with Crippen LogP contribution in [0.5, 0.6) is 17.2 Å². The van der Waals surface area contributed by atoms with Crippen molar-refractivity contribution in [2.24, 2.45) is 0 Å². The number of nitrogens with zero attached hydrogens (tertiary/aromatic N) is 3. The number of hydrogen-bond donors (Lipinski definition) is 1. The first-order chi connectivity index (χ1) is 17.8. The van der Waals surface area contributed by atoms with E-state index in [2.05, 4.69) is 15.5 Å². The van der Waals surface area contributed by atoms with Crippen molar-refractivity contribution in [3.63, 3.8) is 0 Å². The molecule has 1 amide bonds. The van der Waals surface area contributed by atoms with E-state index in [4.69, 9.17) is 23.4 Å². The fraction of sp³-hybridized carbons (Fsp3) is 0.375. The van der Waals surface area contributed by atoms with Crippen LogP contribution in [-0.4, -0.2) is 76.5 Å². The van der Waals surface area contributed by atoms with Crippen LogP contribution in [0.3, 0.4) is 0 Å². The minimum Gasteiger partial charge on any atom is -0.493 e. The summed E-state index contributed by atoms with van der Waals surface area (Å²) < 4.78 is 54.1. The first-order valence-electron chi connectivity index (χ1n) is 11.4. The first kappa shape index (κ1) is 26.4. The van der Waals surface area contributed by atoms with Crippen molar-refractivity contribution in [3.05, 3.63) is 42.0 Å². The Labute approximate surface area is 214 Å². The summed E-state index contributed by atoms with van der Waals surface area (Å²) in [5, 5.41) is 10.3. The highest BCUT2D eigenvalue weighted by Crippen LogP contribution is 2.41. The molecule has 1 aliphatic rings. The number of hydrogen-bond acceptors (Lipinski definition) is 10. The van der Waals surface area contributed by atoms with Crippen LogP contribution in [-0.2, 0) is 14.8 Å². The standard InChI is InChI=1S/C24H28N4O8S/c1-28(14-17-6-5-11-35-17)37(30,31)18-9-7-15(8-10-18)22(29)25-24-27-26-23(36-24)16-12-19(32-2)21(34-4)20(13-16)33-3/h7-10,12-13,17H,5-6,11,14H2,1-4H3,(H,25,27,29). The molecule has 1 saturated heterocycles. The minimum absolute atomic E-state index is 0.0759. The van der Waals surface area contributed by atoms with Crippen LogP contribution in [0.15, 0.2) is 45.7 Å². The monoisotopic (exact) mass is 532 g/mol.